The van der Waals surface area contributed by atoms with Crippen molar-refractivity contribution in [3.8, 4) is 0 Å². The highest BCUT2D eigenvalue weighted by atomic mass is 16.5. The van der Waals surface area contributed by atoms with Crippen molar-refractivity contribution in [2.75, 3.05) is 6.61 Å². The van der Waals surface area contributed by atoms with Crippen molar-refractivity contribution < 1.29 is 18.8 Å². The minimum absolute atomic E-state index is 0.00338. The minimum Gasteiger partial charge on any atom is -0.461 e. The summed E-state index contributed by atoms with van der Waals surface area (Å²) in [5.41, 5.74) is 0.599. The predicted molar refractivity (Wildman–Crippen MR) is 59.2 cm³/mol. The maximum Gasteiger partial charge on any atom is 0.357 e. The van der Waals surface area contributed by atoms with E-state index in [0.717, 1.165) is 4.68 Å². The number of hydrogen-bond donors (Lipinski definition) is 0. The van der Waals surface area contributed by atoms with E-state index in [9.17, 15) is 9.59 Å². The third-order valence-corrected chi connectivity index (χ3v) is 2.16. The molecule has 94 valence electrons. The molecule has 0 amide bonds. The number of carbonyl (C=O) groups excluding carboxylic acids is 2. The fourth-order valence-electron chi connectivity index (χ4n) is 1.44. The third kappa shape index (κ3) is 2.15. The molecule has 2 heterocycles. The summed E-state index contributed by atoms with van der Waals surface area (Å²) >= 11 is 0. The van der Waals surface area contributed by atoms with E-state index in [1.54, 1.807) is 13.8 Å². The summed E-state index contributed by atoms with van der Waals surface area (Å²) in [5.74, 6) is -1.17. The Kier molecular flexibility index (Phi) is 3.22. The lowest BCUT2D eigenvalue weighted by atomic mass is 10.3. The Morgan fingerprint density at radius 1 is 1.50 bits per heavy atom. The van der Waals surface area contributed by atoms with Crippen molar-refractivity contribution >= 4 is 11.9 Å². The Morgan fingerprint density at radius 3 is 2.89 bits per heavy atom. The molecule has 0 saturated carbocycles. The van der Waals surface area contributed by atoms with Crippen molar-refractivity contribution in [2.24, 2.45) is 0 Å². The standard InChI is InChI=1S/C11H11N3O4/c1-3-17-11(16)8-6-7(2)13-14(8)10(15)9-4-5-12-18-9/h4-6H,3H2,1-2H3. The largest absolute Gasteiger partial charge is 0.461 e. The van der Waals surface area contributed by atoms with Crippen LogP contribution >= 0.6 is 0 Å². The van der Waals surface area contributed by atoms with E-state index in [4.69, 9.17) is 9.26 Å². The summed E-state index contributed by atoms with van der Waals surface area (Å²) < 4.78 is 10.5. The van der Waals surface area contributed by atoms with Crippen LogP contribution in [-0.2, 0) is 4.74 Å². The van der Waals surface area contributed by atoms with Gasteiger partial charge in [-0.2, -0.15) is 9.78 Å². The maximum atomic E-state index is 12.0. The van der Waals surface area contributed by atoms with E-state index in [-0.39, 0.29) is 18.1 Å². The van der Waals surface area contributed by atoms with Gasteiger partial charge in [-0.15, -0.1) is 0 Å². The molecule has 0 aliphatic carbocycles. The molecule has 2 aromatic rings. The molecule has 0 radical (unpaired) electrons. The Morgan fingerprint density at radius 2 is 2.28 bits per heavy atom. The molecule has 0 bridgehead atoms. The van der Waals surface area contributed by atoms with Gasteiger partial charge < -0.3 is 9.26 Å². The van der Waals surface area contributed by atoms with E-state index in [1.165, 1.54) is 18.3 Å². The molecule has 0 unspecified atom stereocenters. The number of rotatable bonds is 3. The Bertz CT molecular complexity index is 571. The lowest BCUT2D eigenvalue weighted by molar-refractivity contribution is 0.0506. The molecule has 0 spiro atoms. The molecular formula is C11H11N3O4. The molecule has 0 aromatic carbocycles. The van der Waals surface area contributed by atoms with E-state index in [0.29, 0.717) is 5.69 Å². The zero-order chi connectivity index (χ0) is 13.1. The SMILES string of the molecule is CCOC(=O)c1cc(C)nn1C(=O)c1ccno1. The Balaban J connectivity index is 2.39. The molecule has 7 nitrogen and oxygen atoms in total. The van der Waals surface area contributed by atoms with Gasteiger partial charge in [0.2, 0.25) is 5.76 Å². The van der Waals surface area contributed by atoms with Crippen LogP contribution in [0.1, 0.15) is 33.7 Å². The lowest BCUT2D eigenvalue weighted by Gasteiger charge is -2.03. The molecule has 0 aliphatic rings. The number of carbonyl (C=O) groups is 2. The summed E-state index contributed by atoms with van der Waals surface area (Å²) in [6.45, 7) is 3.58. The quantitative estimate of drug-likeness (QED) is 0.755. The van der Waals surface area contributed by atoms with Gasteiger partial charge in [0.15, 0.2) is 5.69 Å². The van der Waals surface area contributed by atoms with Gasteiger partial charge in [0.25, 0.3) is 0 Å². The number of ether oxygens (including phenoxy) is 1. The molecule has 18 heavy (non-hydrogen) atoms. The minimum atomic E-state index is -0.606. The second-order valence-electron chi connectivity index (χ2n) is 3.49. The van der Waals surface area contributed by atoms with Crippen LogP contribution in [0.4, 0.5) is 0 Å². The average Bonchev–Trinajstić information content (AvgIpc) is 2.97. The van der Waals surface area contributed by atoms with Gasteiger partial charge in [-0.1, -0.05) is 5.16 Å². The van der Waals surface area contributed by atoms with Gasteiger partial charge >= 0.3 is 11.9 Å². The molecule has 0 atom stereocenters. The maximum absolute atomic E-state index is 12.0. The van der Waals surface area contributed by atoms with Crippen LogP contribution < -0.4 is 0 Å². The summed E-state index contributed by atoms with van der Waals surface area (Å²) in [5, 5.41) is 7.38. The van der Waals surface area contributed by atoms with Gasteiger partial charge in [0.05, 0.1) is 18.5 Å². The van der Waals surface area contributed by atoms with Crippen LogP contribution in [0.25, 0.3) is 0 Å². The fraction of sp³-hybridized carbons (Fsp3) is 0.273. The first kappa shape index (κ1) is 12.0. The first-order valence-electron chi connectivity index (χ1n) is 5.32. The first-order chi connectivity index (χ1) is 8.63. The smallest absolute Gasteiger partial charge is 0.357 e. The van der Waals surface area contributed by atoms with Crippen LogP contribution in [0.15, 0.2) is 22.9 Å². The molecule has 0 fully saturated rings. The monoisotopic (exact) mass is 249 g/mol. The van der Waals surface area contributed by atoms with E-state index >= 15 is 0 Å². The van der Waals surface area contributed by atoms with Crippen LogP contribution in [-0.4, -0.2) is 33.4 Å². The predicted octanol–water partition coefficient (Wildman–Crippen LogP) is 1.04. The van der Waals surface area contributed by atoms with Crippen molar-refractivity contribution in [3.05, 3.63) is 35.5 Å². The normalized spacial score (nSPS) is 10.3. The summed E-state index contributed by atoms with van der Waals surface area (Å²) in [6.07, 6.45) is 1.34. The zero-order valence-electron chi connectivity index (χ0n) is 9.91. The van der Waals surface area contributed by atoms with Crippen LogP contribution in [0.2, 0.25) is 0 Å². The summed E-state index contributed by atoms with van der Waals surface area (Å²) in [6, 6.07) is 2.88. The van der Waals surface area contributed by atoms with Crippen LogP contribution in [0, 0.1) is 6.92 Å². The third-order valence-electron chi connectivity index (χ3n) is 2.16. The number of nitrogens with zero attached hydrogens (tertiary/aromatic N) is 3. The number of esters is 1. The molecule has 0 aliphatic heterocycles. The highest BCUT2D eigenvalue weighted by Gasteiger charge is 2.22. The Hall–Kier alpha value is -2.44. The highest BCUT2D eigenvalue weighted by molar-refractivity contribution is 5.98. The van der Waals surface area contributed by atoms with E-state index in [1.807, 2.05) is 0 Å². The van der Waals surface area contributed by atoms with E-state index < -0.39 is 11.9 Å². The lowest BCUT2D eigenvalue weighted by Crippen LogP contribution is -2.20. The molecule has 7 heteroatoms. The molecule has 0 N–H and O–H groups in total. The number of aromatic nitrogens is 3. The van der Waals surface area contributed by atoms with E-state index in [2.05, 4.69) is 10.3 Å². The van der Waals surface area contributed by atoms with Crippen LogP contribution in [0.3, 0.4) is 0 Å². The van der Waals surface area contributed by atoms with Crippen LogP contribution in [0.5, 0.6) is 0 Å². The number of hydrogen-bond acceptors (Lipinski definition) is 6. The summed E-state index contributed by atoms with van der Waals surface area (Å²) in [4.78, 5) is 23.7. The van der Waals surface area contributed by atoms with Gasteiger partial charge in [0, 0.05) is 6.07 Å². The molecular weight excluding hydrogens is 238 g/mol. The fourth-order valence-corrected chi connectivity index (χ4v) is 1.44. The zero-order valence-corrected chi connectivity index (χ0v) is 9.91. The number of aryl methyl sites for hydroxylation is 1. The Labute approximate surface area is 102 Å². The van der Waals surface area contributed by atoms with Crippen molar-refractivity contribution in [1.29, 1.82) is 0 Å². The molecule has 2 rings (SSSR count). The summed E-state index contributed by atoms with van der Waals surface area (Å²) in [7, 11) is 0. The van der Waals surface area contributed by atoms with Gasteiger partial charge in [-0.05, 0) is 19.9 Å². The van der Waals surface area contributed by atoms with Crippen molar-refractivity contribution in [2.45, 2.75) is 13.8 Å². The van der Waals surface area contributed by atoms with Crippen molar-refractivity contribution in [1.82, 2.24) is 14.9 Å². The second kappa shape index (κ2) is 4.82. The van der Waals surface area contributed by atoms with Gasteiger partial charge in [-0.3, -0.25) is 4.79 Å². The molecule has 2 aromatic heterocycles. The average molecular weight is 249 g/mol. The van der Waals surface area contributed by atoms with Gasteiger partial charge in [-0.25, -0.2) is 4.79 Å². The topological polar surface area (TPSA) is 87.2 Å². The second-order valence-corrected chi connectivity index (χ2v) is 3.49. The molecule has 0 saturated heterocycles. The van der Waals surface area contributed by atoms with Gasteiger partial charge in [0.1, 0.15) is 0 Å². The van der Waals surface area contributed by atoms with Crippen molar-refractivity contribution in [3.63, 3.8) is 0 Å². The first-order valence-corrected chi connectivity index (χ1v) is 5.32. The highest BCUT2D eigenvalue weighted by Crippen LogP contribution is 2.09.